The van der Waals surface area contributed by atoms with Crippen molar-refractivity contribution in [2.24, 2.45) is 0 Å². The topological polar surface area (TPSA) is 48.4 Å². The van der Waals surface area contributed by atoms with E-state index in [-0.39, 0.29) is 5.97 Å². The molecule has 0 unspecified atom stereocenters. The van der Waals surface area contributed by atoms with Gasteiger partial charge in [-0.1, -0.05) is 0 Å². The van der Waals surface area contributed by atoms with E-state index in [0.29, 0.717) is 24.5 Å². The monoisotopic (exact) mass is 321 g/mol. The number of ether oxygens (including phenoxy) is 2. The summed E-state index contributed by atoms with van der Waals surface area (Å²) in [6.07, 6.45) is 1.49. The van der Waals surface area contributed by atoms with Crippen LogP contribution >= 0.6 is 22.6 Å². The van der Waals surface area contributed by atoms with Gasteiger partial charge in [-0.15, -0.1) is 0 Å². The van der Waals surface area contributed by atoms with E-state index in [1.165, 1.54) is 6.20 Å². The normalized spacial score (nSPS) is 9.80. The molecule has 0 saturated heterocycles. The summed E-state index contributed by atoms with van der Waals surface area (Å²) < 4.78 is 10.9. The van der Waals surface area contributed by atoms with Crippen LogP contribution in [0.3, 0.4) is 0 Å². The molecule has 0 aliphatic carbocycles. The van der Waals surface area contributed by atoms with Gasteiger partial charge in [-0.25, -0.2) is 9.78 Å². The zero-order chi connectivity index (χ0) is 11.3. The molecule has 0 aliphatic rings. The van der Waals surface area contributed by atoms with Gasteiger partial charge in [0, 0.05) is 6.20 Å². The molecule has 0 spiro atoms. The molecule has 0 amide bonds. The van der Waals surface area contributed by atoms with Crippen LogP contribution in [0.25, 0.3) is 0 Å². The lowest BCUT2D eigenvalue weighted by Crippen LogP contribution is -2.06. The Bertz CT molecular complexity index is 355. The second-order valence-electron chi connectivity index (χ2n) is 2.67. The Labute approximate surface area is 102 Å². The van der Waals surface area contributed by atoms with Crippen LogP contribution in [0.2, 0.25) is 0 Å². The molecule has 0 radical (unpaired) electrons. The molecule has 0 aromatic carbocycles. The molecule has 0 fully saturated rings. The second kappa shape index (κ2) is 5.89. The average molecular weight is 321 g/mol. The largest absolute Gasteiger partial charge is 0.491 e. The molecular weight excluding hydrogens is 309 g/mol. The van der Waals surface area contributed by atoms with E-state index in [1.54, 1.807) is 13.0 Å². The smallest absolute Gasteiger partial charge is 0.339 e. The molecule has 0 saturated carbocycles. The third-order valence-electron chi connectivity index (χ3n) is 1.62. The Hall–Kier alpha value is -0.850. The first kappa shape index (κ1) is 12.2. The van der Waals surface area contributed by atoms with Gasteiger partial charge in [-0.3, -0.25) is 0 Å². The molecule has 1 aromatic rings. The van der Waals surface area contributed by atoms with Gasteiger partial charge in [-0.05, 0) is 42.5 Å². The highest BCUT2D eigenvalue weighted by Gasteiger charge is 2.10. The van der Waals surface area contributed by atoms with Crippen molar-refractivity contribution < 1.29 is 14.3 Å². The van der Waals surface area contributed by atoms with Crippen LogP contribution in [0, 0.1) is 3.70 Å². The van der Waals surface area contributed by atoms with E-state index in [2.05, 4.69) is 27.6 Å². The summed E-state index contributed by atoms with van der Waals surface area (Å²) in [6.45, 7) is 4.55. The first-order chi connectivity index (χ1) is 7.19. The minimum atomic E-state index is -0.373. The highest BCUT2D eigenvalue weighted by molar-refractivity contribution is 14.1. The van der Waals surface area contributed by atoms with Gasteiger partial charge in [0.1, 0.15) is 3.70 Å². The number of carbonyl (C=O) groups excluding carboxylic acids is 1. The van der Waals surface area contributed by atoms with Crippen LogP contribution in [0.1, 0.15) is 24.2 Å². The fraction of sp³-hybridized carbons (Fsp3) is 0.400. The Morgan fingerprint density at radius 2 is 2.20 bits per heavy atom. The van der Waals surface area contributed by atoms with Crippen molar-refractivity contribution in [3.05, 3.63) is 21.5 Å². The lowest BCUT2D eigenvalue weighted by molar-refractivity contribution is 0.0525. The van der Waals surface area contributed by atoms with E-state index in [9.17, 15) is 4.79 Å². The molecule has 0 atom stereocenters. The summed E-state index contributed by atoms with van der Waals surface area (Å²) in [7, 11) is 0. The minimum Gasteiger partial charge on any atom is -0.491 e. The maximum absolute atomic E-state index is 11.4. The minimum absolute atomic E-state index is 0.356. The number of hydrogen-bond acceptors (Lipinski definition) is 4. The van der Waals surface area contributed by atoms with E-state index in [4.69, 9.17) is 9.47 Å². The van der Waals surface area contributed by atoms with Crippen LogP contribution < -0.4 is 4.74 Å². The molecule has 0 N–H and O–H groups in total. The van der Waals surface area contributed by atoms with Crippen molar-refractivity contribution in [1.29, 1.82) is 0 Å². The average Bonchev–Trinajstić information content (AvgIpc) is 2.22. The number of pyridine rings is 1. The van der Waals surface area contributed by atoms with Gasteiger partial charge in [0.2, 0.25) is 0 Å². The summed E-state index contributed by atoms with van der Waals surface area (Å²) >= 11 is 2.06. The van der Waals surface area contributed by atoms with Gasteiger partial charge in [-0.2, -0.15) is 0 Å². The van der Waals surface area contributed by atoms with Crippen LogP contribution in [-0.2, 0) is 4.74 Å². The first-order valence-corrected chi connectivity index (χ1v) is 5.72. The Morgan fingerprint density at radius 1 is 1.47 bits per heavy atom. The van der Waals surface area contributed by atoms with Crippen molar-refractivity contribution in [3.8, 4) is 5.75 Å². The van der Waals surface area contributed by atoms with Gasteiger partial charge in [0.15, 0.2) is 5.75 Å². The van der Waals surface area contributed by atoms with Crippen molar-refractivity contribution in [2.75, 3.05) is 13.2 Å². The molecule has 1 rings (SSSR count). The predicted octanol–water partition coefficient (Wildman–Crippen LogP) is 2.26. The van der Waals surface area contributed by atoms with E-state index in [1.807, 2.05) is 6.92 Å². The number of esters is 1. The first-order valence-electron chi connectivity index (χ1n) is 4.64. The number of aromatic nitrogens is 1. The third-order valence-corrected chi connectivity index (χ3v) is 2.43. The van der Waals surface area contributed by atoms with Crippen LogP contribution in [0.4, 0.5) is 0 Å². The number of hydrogen-bond donors (Lipinski definition) is 0. The number of halogens is 1. The third kappa shape index (κ3) is 3.33. The van der Waals surface area contributed by atoms with Crippen LogP contribution in [0.5, 0.6) is 5.75 Å². The van der Waals surface area contributed by atoms with Crippen molar-refractivity contribution >= 4 is 28.6 Å². The summed E-state index contributed by atoms with van der Waals surface area (Å²) in [5.74, 6) is 0.242. The zero-order valence-corrected chi connectivity index (χ0v) is 10.8. The SMILES string of the molecule is CCOC(=O)c1cnc(I)c(OCC)c1. The number of nitrogens with zero attached hydrogens (tertiary/aromatic N) is 1. The highest BCUT2D eigenvalue weighted by atomic mass is 127. The zero-order valence-electron chi connectivity index (χ0n) is 8.62. The summed E-state index contributed by atoms with van der Waals surface area (Å²) in [5, 5.41) is 0. The molecule has 5 heteroatoms. The molecule has 15 heavy (non-hydrogen) atoms. The molecule has 82 valence electrons. The Balaban J connectivity index is 2.91. The number of rotatable bonds is 4. The standard InChI is InChI=1S/C10H12INO3/c1-3-14-8-5-7(6-12-9(8)11)10(13)15-4-2/h5-6H,3-4H2,1-2H3. The van der Waals surface area contributed by atoms with Gasteiger partial charge >= 0.3 is 5.97 Å². The molecule has 1 heterocycles. The summed E-state index contributed by atoms with van der Waals surface area (Å²) in [5.41, 5.74) is 0.417. The molecule has 4 nitrogen and oxygen atoms in total. The summed E-state index contributed by atoms with van der Waals surface area (Å²) in [4.78, 5) is 15.5. The van der Waals surface area contributed by atoms with Crippen LogP contribution in [-0.4, -0.2) is 24.2 Å². The maximum Gasteiger partial charge on any atom is 0.339 e. The lowest BCUT2D eigenvalue weighted by Gasteiger charge is -2.07. The van der Waals surface area contributed by atoms with Crippen molar-refractivity contribution in [2.45, 2.75) is 13.8 Å². The highest BCUT2D eigenvalue weighted by Crippen LogP contribution is 2.20. The fourth-order valence-corrected chi connectivity index (χ4v) is 1.46. The van der Waals surface area contributed by atoms with E-state index >= 15 is 0 Å². The van der Waals surface area contributed by atoms with Gasteiger partial charge < -0.3 is 9.47 Å². The molecule has 1 aromatic heterocycles. The fourth-order valence-electron chi connectivity index (χ4n) is 1.01. The molecule has 0 bridgehead atoms. The molecule has 0 aliphatic heterocycles. The van der Waals surface area contributed by atoms with Crippen molar-refractivity contribution in [3.63, 3.8) is 0 Å². The second-order valence-corrected chi connectivity index (χ2v) is 3.69. The lowest BCUT2D eigenvalue weighted by atomic mass is 10.3. The molecular formula is C10H12INO3. The van der Waals surface area contributed by atoms with Crippen LogP contribution in [0.15, 0.2) is 12.3 Å². The van der Waals surface area contributed by atoms with E-state index < -0.39 is 0 Å². The Morgan fingerprint density at radius 3 is 2.80 bits per heavy atom. The summed E-state index contributed by atoms with van der Waals surface area (Å²) in [6, 6.07) is 1.65. The number of carbonyl (C=O) groups is 1. The predicted molar refractivity (Wildman–Crippen MR) is 64.1 cm³/mol. The Kier molecular flexibility index (Phi) is 4.80. The van der Waals surface area contributed by atoms with Gasteiger partial charge in [0.25, 0.3) is 0 Å². The van der Waals surface area contributed by atoms with E-state index in [0.717, 1.165) is 3.70 Å². The van der Waals surface area contributed by atoms with Crippen molar-refractivity contribution in [1.82, 2.24) is 4.98 Å². The quantitative estimate of drug-likeness (QED) is 0.485. The maximum atomic E-state index is 11.4. The van der Waals surface area contributed by atoms with Gasteiger partial charge in [0.05, 0.1) is 18.8 Å².